The van der Waals surface area contributed by atoms with E-state index in [4.69, 9.17) is 14.6 Å². The molecule has 8 nitrogen and oxygen atoms in total. The first-order valence-corrected chi connectivity index (χ1v) is 13.1. The number of aromatic carboxylic acids is 1. The molecule has 10 heteroatoms. The molecule has 0 aromatic heterocycles. The normalized spacial score (nSPS) is 15.1. The van der Waals surface area contributed by atoms with Gasteiger partial charge in [-0.05, 0) is 72.8 Å². The Labute approximate surface area is 232 Å². The number of amides is 1. The first kappa shape index (κ1) is 27.0. The van der Waals surface area contributed by atoms with Crippen molar-refractivity contribution in [3.63, 3.8) is 0 Å². The van der Waals surface area contributed by atoms with Crippen molar-refractivity contribution < 1.29 is 24.2 Å². The fourth-order valence-electron chi connectivity index (χ4n) is 3.64. The summed E-state index contributed by atoms with van der Waals surface area (Å²) in [6.45, 7) is 2.48. The zero-order valence-corrected chi connectivity index (χ0v) is 22.9. The molecule has 3 aromatic carbocycles. The molecule has 4 rings (SSSR count). The molecule has 1 heterocycles. The first-order chi connectivity index (χ1) is 18.3. The summed E-state index contributed by atoms with van der Waals surface area (Å²) < 4.78 is 12.2. The van der Waals surface area contributed by atoms with Crippen LogP contribution in [0.3, 0.4) is 0 Å². The Morgan fingerprint density at radius 2 is 1.92 bits per heavy atom. The molecule has 192 valence electrons. The average Bonchev–Trinajstić information content (AvgIpc) is 3.22. The molecular formula is C28H22BrN3O5S. The van der Waals surface area contributed by atoms with E-state index >= 15 is 0 Å². The van der Waals surface area contributed by atoms with Gasteiger partial charge in [-0.15, -0.1) is 0 Å². The SMILES string of the molecule is CCN1C(=O)C(=Cc2cc(OC)c(OCc3ccccc3C#N)cc2Br)SC1=Nc1ccc(C(=O)O)cc1. The van der Waals surface area contributed by atoms with E-state index < -0.39 is 5.97 Å². The maximum absolute atomic E-state index is 13.1. The maximum atomic E-state index is 13.1. The second-order valence-electron chi connectivity index (χ2n) is 7.99. The summed E-state index contributed by atoms with van der Waals surface area (Å²) in [6, 6.07) is 19.1. The number of methoxy groups -OCH3 is 1. The number of likely N-dealkylation sites (N-methyl/N-ethyl adjacent to an activating group) is 1. The fourth-order valence-corrected chi connectivity index (χ4v) is 5.14. The summed E-state index contributed by atoms with van der Waals surface area (Å²) in [4.78, 5) is 30.8. The molecule has 0 unspecified atom stereocenters. The number of amidine groups is 1. The van der Waals surface area contributed by atoms with E-state index in [-0.39, 0.29) is 18.1 Å². The van der Waals surface area contributed by atoms with Crippen LogP contribution in [0.5, 0.6) is 11.5 Å². The number of hydrogen-bond acceptors (Lipinski definition) is 7. The molecule has 0 radical (unpaired) electrons. The van der Waals surface area contributed by atoms with Gasteiger partial charge in [-0.1, -0.05) is 34.1 Å². The van der Waals surface area contributed by atoms with Crippen LogP contribution in [-0.4, -0.2) is 40.7 Å². The number of carboxylic acid groups (broad SMARTS) is 1. The van der Waals surface area contributed by atoms with E-state index in [1.54, 1.807) is 47.4 Å². The summed E-state index contributed by atoms with van der Waals surface area (Å²) in [5.74, 6) is -0.233. The van der Waals surface area contributed by atoms with Gasteiger partial charge in [0, 0.05) is 16.6 Å². The number of hydrogen-bond donors (Lipinski definition) is 1. The number of benzene rings is 3. The van der Waals surface area contributed by atoms with Gasteiger partial charge in [-0.2, -0.15) is 5.26 Å². The Hall–Kier alpha value is -4.07. The monoisotopic (exact) mass is 591 g/mol. The van der Waals surface area contributed by atoms with E-state index in [1.807, 2.05) is 19.1 Å². The van der Waals surface area contributed by atoms with Crippen LogP contribution < -0.4 is 9.47 Å². The molecule has 1 saturated heterocycles. The number of aliphatic imine (C=N–C) groups is 1. The summed E-state index contributed by atoms with van der Waals surface area (Å²) >= 11 is 4.80. The van der Waals surface area contributed by atoms with Crippen molar-refractivity contribution in [3.05, 3.63) is 92.3 Å². The van der Waals surface area contributed by atoms with Crippen molar-refractivity contribution in [2.45, 2.75) is 13.5 Å². The van der Waals surface area contributed by atoms with Gasteiger partial charge in [0.2, 0.25) is 0 Å². The van der Waals surface area contributed by atoms with Gasteiger partial charge in [0.05, 0.1) is 34.9 Å². The number of ether oxygens (including phenoxy) is 2. The molecule has 0 atom stereocenters. The number of nitrogens with zero attached hydrogens (tertiary/aromatic N) is 3. The van der Waals surface area contributed by atoms with Gasteiger partial charge < -0.3 is 14.6 Å². The predicted octanol–water partition coefficient (Wildman–Crippen LogP) is 6.23. The molecule has 0 spiro atoms. The van der Waals surface area contributed by atoms with Gasteiger partial charge in [-0.25, -0.2) is 9.79 Å². The lowest BCUT2D eigenvalue weighted by Gasteiger charge is -2.14. The van der Waals surface area contributed by atoms with Gasteiger partial charge in [0.15, 0.2) is 16.7 Å². The summed E-state index contributed by atoms with van der Waals surface area (Å²) in [5.41, 5.74) is 2.73. The highest BCUT2D eigenvalue weighted by Gasteiger charge is 2.32. The van der Waals surface area contributed by atoms with E-state index in [0.717, 1.165) is 5.56 Å². The number of carbonyl (C=O) groups excluding carboxylic acids is 1. The van der Waals surface area contributed by atoms with Crippen molar-refractivity contribution in [1.82, 2.24) is 4.90 Å². The highest BCUT2D eigenvalue weighted by molar-refractivity contribution is 9.10. The van der Waals surface area contributed by atoms with Gasteiger partial charge in [0.1, 0.15) is 6.61 Å². The van der Waals surface area contributed by atoms with Crippen molar-refractivity contribution in [1.29, 1.82) is 5.26 Å². The van der Waals surface area contributed by atoms with Crippen LogP contribution in [0.25, 0.3) is 6.08 Å². The second kappa shape index (κ2) is 12.0. The quantitative estimate of drug-likeness (QED) is 0.309. The number of nitriles is 1. The van der Waals surface area contributed by atoms with Crippen LogP contribution in [0.1, 0.15) is 34.0 Å². The number of carbonyl (C=O) groups is 2. The van der Waals surface area contributed by atoms with Crippen molar-refractivity contribution >= 4 is 56.5 Å². The maximum Gasteiger partial charge on any atom is 0.335 e. The molecular weight excluding hydrogens is 570 g/mol. The van der Waals surface area contributed by atoms with E-state index in [2.05, 4.69) is 27.0 Å². The third-order valence-corrected chi connectivity index (χ3v) is 7.33. The Kier molecular flexibility index (Phi) is 8.51. The molecule has 0 bridgehead atoms. The number of thioether (sulfide) groups is 1. The first-order valence-electron chi connectivity index (χ1n) is 11.5. The van der Waals surface area contributed by atoms with Gasteiger partial charge >= 0.3 is 5.97 Å². The van der Waals surface area contributed by atoms with Crippen molar-refractivity contribution in [2.24, 2.45) is 4.99 Å². The molecule has 1 amide bonds. The number of rotatable bonds is 8. The topological polar surface area (TPSA) is 112 Å². The van der Waals surface area contributed by atoms with E-state index in [1.165, 1.54) is 31.0 Å². The standard InChI is InChI=1S/C28H22BrN3O5S/c1-3-32-26(33)25(38-28(32)31-21-10-8-17(9-11-21)27(34)35)13-20-12-23(36-2)24(14-22(20)29)37-16-19-7-5-4-6-18(19)15-30/h4-14H,3,16H2,1-2H3,(H,34,35). The van der Waals surface area contributed by atoms with Crippen LogP contribution in [0.2, 0.25) is 0 Å². The van der Waals surface area contributed by atoms with Gasteiger partial charge in [-0.3, -0.25) is 9.69 Å². The number of halogens is 1. The Morgan fingerprint density at radius 3 is 2.58 bits per heavy atom. The smallest absolute Gasteiger partial charge is 0.335 e. The van der Waals surface area contributed by atoms with E-state index in [9.17, 15) is 14.9 Å². The Bertz CT molecular complexity index is 1500. The van der Waals surface area contributed by atoms with Crippen LogP contribution >= 0.6 is 27.7 Å². The van der Waals surface area contributed by atoms with Crippen LogP contribution in [0, 0.1) is 11.3 Å². The highest BCUT2D eigenvalue weighted by atomic mass is 79.9. The molecule has 38 heavy (non-hydrogen) atoms. The third-order valence-electron chi connectivity index (χ3n) is 5.63. The predicted molar refractivity (Wildman–Crippen MR) is 150 cm³/mol. The van der Waals surface area contributed by atoms with Crippen LogP contribution in [-0.2, 0) is 11.4 Å². The summed E-state index contributed by atoms with van der Waals surface area (Å²) in [7, 11) is 1.53. The lowest BCUT2D eigenvalue weighted by molar-refractivity contribution is -0.122. The Morgan fingerprint density at radius 1 is 1.18 bits per heavy atom. The molecule has 1 N–H and O–H groups in total. The zero-order chi connectivity index (χ0) is 27.2. The molecule has 1 aliphatic rings. The van der Waals surface area contributed by atoms with Gasteiger partial charge in [0.25, 0.3) is 5.91 Å². The third kappa shape index (κ3) is 5.90. The molecule has 1 aliphatic heterocycles. The lowest BCUT2D eigenvalue weighted by Crippen LogP contribution is -2.28. The molecule has 3 aromatic rings. The fraction of sp³-hybridized carbons (Fsp3) is 0.143. The number of carboxylic acids is 1. The molecule has 0 aliphatic carbocycles. The minimum atomic E-state index is -1.01. The summed E-state index contributed by atoms with van der Waals surface area (Å²) in [6.07, 6.45) is 1.76. The highest BCUT2D eigenvalue weighted by Crippen LogP contribution is 2.39. The van der Waals surface area contributed by atoms with E-state index in [0.29, 0.717) is 49.4 Å². The Balaban J connectivity index is 1.59. The van der Waals surface area contributed by atoms with Crippen molar-refractivity contribution in [2.75, 3.05) is 13.7 Å². The van der Waals surface area contributed by atoms with Crippen molar-refractivity contribution in [3.8, 4) is 17.6 Å². The lowest BCUT2D eigenvalue weighted by atomic mass is 10.1. The largest absolute Gasteiger partial charge is 0.493 e. The molecule has 1 fully saturated rings. The van der Waals surface area contributed by atoms with Crippen LogP contribution in [0.15, 0.2) is 75.0 Å². The minimum absolute atomic E-state index is 0.164. The summed E-state index contributed by atoms with van der Waals surface area (Å²) in [5, 5.41) is 18.9. The zero-order valence-electron chi connectivity index (χ0n) is 20.5. The van der Waals surface area contributed by atoms with Crippen LogP contribution in [0.4, 0.5) is 5.69 Å². The molecule has 0 saturated carbocycles. The second-order valence-corrected chi connectivity index (χ2v) is 9.85. The average molecular weight is 592 g/mol. The minimum Gasteiger partial charge on any atom is -0.493 e.